The van der Waals surface area contributed by atoms with Gasteiger partial charge in [-0.05, 0) is 12.1 Å². The summed E-state index contributed by atoms with van der Waals surface area (Å²) in [5.41, 5.74) is 0.844. The van der Waals surface area contributed by atoms with Crippen LogP contribution in [0.5, 0.6) is 0 Å². The number of carboxylic acid groups (broad SMARTS) is 1. The molecule has 6 heteroatoms. The summed E-state index contributed by atoms with van der Waals surface area (Å²) in [5.74, 6) is -1.37. The first-order chi connectivity index (χ1) is 9.00. The first kappa shape index (κ1) is 12.8. The van der Waals surface area contributed by atoms with Crippen LogP contribution in [0.4, 0.5) is 5.69 Å². The molecule has 0 aliphatic heterocycles. The number of aromatic nitrogens is 2. The smallest absolute Gasteiger partial charge is 0.337 e. The lowest BCUT2D eigenvalue weighted by Crippen LogP contribution is -2.27. The van der Waals surface area contributed by atoms with E-state index in [0.29, 0.717) is 11.3 Å². The molecule has 1 amide bonds. The standard InChI is InChI=1S/C13H13N3O3/c1-15-8-9(7-14-15)12(17)16(2)11-6-4-3-5-10(11)13(18)19/h3-8H,1-2H3,(H,18,19). The van der Waals surface area contributed by atoms with E-state index in [-0.39, 0.29) is 11.5 Å². The second-order valence-electron chi connectivity index (χ2n) is 4.09. The van der Waals surface area contributed by atoms with Crippen molar-refractivity contribution in [1.82, 2.24) is 9.78 Å². The predicted octanol–water partition coefficient (Wildman–Crippen LogP) is 1.39. The van der Waals surface area contributed by atoms with Crippen molar-refractivity contribution in [3.8, 4) is 0 Å². The number of hydrogen-bond donors (Lipinski definition) is 1. The maximum absolute atomic E-state index is 12.2. The molecule has 0 unspecified atom stereocenters. The zero-order valence-corrected chi connectivity index (χ0v) is 10.6. The number of carbonyl (C=O) groups excluding carboxylic acids is 1. The van der Waals surface area contributed by atoms with E-state index in [1.807, 2.05) is 0 Å². The molecule has 0 fully saturated rings. The fourth-order valence-electron chi connectivity index (χ4n) is 1.78. The maximum Gasteiger partial charge on any atom is 0.337 e. The lowest BCUT2D eigenvalue weighted by atomic mass is 10.1. The number of benzene rings is 1. The highest BCUT2D eigenvalue weighted by molar-refractivity contribution is 6.08. The second kappa shape index (κ2) is 4.93. The lowest BCUT2D eigenvalue weighted by molar-refractivity contribution is 0.0697. The fraction of sp³-hybridized carbons (Fsp3) is 0.154. The van der Waals surface area contributed by atoms with Crippen LogP contribution in [-0.2, 0) is 7.05 Å². The first-order valence-corrected chi connectivity index (χ1v) is 5.59. The van der Waals surface area contributed by atoms with Crippen LogP contribution < -0.4 is 4.90 Å². The van der Waals surface area contributed by atoms with Gasteiger partial charge in [-0.15, -0.1) is 0 Å². The van der Waals surface area contributed by atoms with E-state index < -0.39 is 5.97 Å². The molecule has 0 atom stereocenters. The highest BCUT2D eigenvalue weighted by Gasteiger charge is 2.19. The minimum atomic E-state index is -1.07. The quantitative estimate of drug-likeness (QED) is 0.903. The number of nitrogens with zero attached hydrogens (tertiary/aromatic N) is 3. The number of carboxylic acids is 1. The molecular formula is C13H13N3O3. The Morgan fingerprint density at radius 2 is 2.00 bits per heavy atom. The van der Waals surface area contributed by atoms with Gasteiger partial charge in [0.1, 0.15) is 0 Å². The SMILES string of the molecule is CN(C(=O)c1cnn(C)c1)c1ccccc1C(=O)O. The Kier molecular flexibility index (Phi) is 3.33. The van der Waals surface area contributed by atoms with E-state index in [1.54, 1.807) is 31.4 Å². The maximum atomic E-state index is 12.2. The number of para-hydroxylation sites is 1. The first-order valence-electron chi connectivity index (χ1n) is 5.59. The van der Waals surface area contributed by atoms with Crippen molar-refractivity contribution in [2.75, 3.05) is 11.9 Å². The molecule has 0 saturated heterocycles. The monoisotopic (exact) mass is 259 g/mol. The van der Waals surface area contributed by atoms with E-state index in [1.165, 1.54) is 28.9 Å². The molecule has 1 N–H and O–H groups in total. The Morgan fingerprint density at radius 1 is 1.32 bits per heavy atom. The van der Waals surface area contributed by atoms with Crippen LogP contribution >= 0.6 is 0 Å². The summed E-state index contributed by atoms with van der Waals surface area (Å²) in [6.07, 6.45) is 3.03. The van der Waals surface area contributed by atoms with Crippen molar-refractivity contribution in [1.29, 1.82) is 0 Å². The molecule has 19 heavy (non-hydrogen) atoms. The van der Waals surface area contributed by atoms with Crippen molar-refractivity contribution in [2.45, 2.75) is 0 Å². The van der Waals surface area contributed by atoms with Crippen LogP contribution in [0.1, 0.15) is 20.7 Å². The van der Waals surface area contributed by atoms with E-state index in [9.17, 15) is 9.59 Å². The molecular weight excluding hydrogens is 246 g/mol. The third-order valence-corrected chi connectivity index (χ3v) is 2.75. The molecule has 0 aliphatic carbocycles. The molecule has 2 rings (SSSR count). The van der Waals surface area contributed by atoms with Gasteiger partial charge in [-0.2, -0.15) is 5.10 Å². The summed E-state index contributed by atoms with van der Waals surface area (Å²) in [6, 6.07) is 6.37. The van der Waals surface area contributed by atoms with Crippen molar-refractivity contribution >= 4 is 17.6 Å². The Hall–Kier alpha value is -2.63. The van der Waals surface area contributed by atoms with Crippen LogP contribution in [0.3, 0.4) is 0 Å². The molecule has 0 bridgehead atoms. The molecule has 6 nitrogen and oxygen atoms in total. The summed E-state index contributed by atoms with van der Waals surface area (Å²) < 4.78 is 1.52. The highest BCUT2D eigenvalue weighted by Crippen LogP contribution is 2.20. The van der Waals surface area contributed by atoms with Gasteiger partial charge in [0.15, 0.2) is 0 Å². The van der Waals surface area contributed by atoms with Gasteiger partial charge in [-0.1, -0.05) is 12.1 Å². The van der Waals surface area contributed by atoms with Crippen LogP contribution in [0.25, 0.3) is 0 Å². The van der Waals surface area contributed by atoms with Crippen LogP contribution in [0, 0.1) is 0 Å². The lowest BCUT2D eigenvalue weighted by Gasteiger charge is -2.18. The summed E-state index contributed by atoms with van der Waals surface area (Å²) in [6.45, 7) is 0. The topological polar surface area (TPSA) is 75.4 Å². The Balaban J connectivity index is 2.37. The third kappa shape index (κ3) is 2.47. The van der Waals surface area contributed by atoms with E-state index >= 15 is 0 Å². The Morgan fingerprint density at radius 3 is 2.58 bits per heavy atom. The average Bonchev–Trinajstić information content (AvgIpc) is 2.83. The molecule has 1 aromatic carbocycles. The van der Waals surface area contributed by atoms with Crippen molar-refractivity contribution < 1.29 is 14.7 Å². The summed E-state index contributed by atoms with van der Waals surface area (Å²) in [4.78, 5) is 24.7. The van der Waals surface area contributed by atoms with E-state index in [4.69, 9.17) is 5.11 Å². The van der Waals surface area contributed by atoms with Crippen molar-refractivity contribution in [2.24, 2.45) is 7.05 Å². The molecule has 0 spiro atoms. The summed E-state index contributed by atoms with van der Waals surface area (Å²) in [5, 5.41) is 13.0. The number of aryl methyl sites for hydroxylation is 1. The summed E-state index contributed by atoms with van der Waals surface area (Å²) >= 11 is 0. The van der Waals surface area contributed by atoms with Crippen molar-refractivity contribution in [3.63, 3.8) is 0 Å². The van der Waals surface area contributed by atoms with Gasteiger partial charge in [0, 0.05) is 20.3 Å². The fourth-order valence-corrected chi connectivity index (χ4v) is 1.78. The van der Waals surface area contributed by atoms with Gasteiger partial charge in [0.05, 0.1) is 23.0 Å². The number of hydrogen-bond acceptors (Lipinski definition) is 3. The molecule has 0 radical (unpaired) electrons. The van der Waals surface area contributed by atoms with E-state index in [0.717, 1.165) is 0 Å². The van der Waals surface area contributed by atoms with Gasteiger partial charge in [-0.25, -0.2) is 4.79 Å². The van der Waals surface area contributed by atoms with E-state index in [2.05, 4.69) is 5.10 Å². The number of carbonyl (C=O) groups is 2. The molecule has 0 saturated carbocycles. The Bertz CT molecular complexity index is 634. The molecule has 2 aromatic rings. The van der Waals surface area contributed by atoms with Crippen LogP contribution in [0.2, 0.25) is 0 Å². The molecule has 1 heterocycles. The van der Waals surface area contributed by atoms with Crippen LogP contribution in [0.15, 0.2) is 36.7 Å². The predicted molar refractivity (Wildman–Crippen MR) is 69.3 cm³/mol. The zero-order chi connectivity index (χ0) is 14.0. The van der Waals surface area contributed by atoms with Gasteiger partial charge in [0.2, 0.25) is 0 Å². The average molecular weight is 259 g/mol. The van der Waals surface area contributed by atoms with Crippen molar-refractivity contribution in [3.05, 3.63) is 47.8 Å². The minimum absolute atomic E-state index is 0.0854. The third-order valence-electron chi connectivity index (χ3n) is 2.75. The number of anilines is 1. The minimum Gasteiger partial charge on any atom is -0.478 e. The Labute approximate surface area is 109 Å². The van der Waals surface area contributed by atoms with Crippen LogP contribution in [-0.4, -0.2) is 33.8 Å². The largest absolute Gasteiger partial charge is 0.478 e. The number of aromatic carboxylic acids is 1. The number of rotatable bonds is 3. The second-order valence-corrected chi connectivity index (χ2v) is 4.09. The van der Waals surface area contributed by atoms with Gasteiger partial charge >= 0.3 is 5.97 Å². The van der Waals surface area contributed by atoms with Gasteiger partial charge < -0.3 is 10.0 Å². The normalized spacial score (nSPS) is 10.2. The zero-order valence-electron chi connectivity index (χ0n) is 10.6. The molecule has 98 valence electrons. The molecule has 1 aromatic heterocycles. The summed E-state index contributed by atoms with van der Waals surface area (Å²) in [7, 11) is 3.25. The van der Waals surface area contributed by atoms with Gasteiger partial charge in [0.25, 0.3) is 5.91 Å². The number of amides is 1. The van der Waals surface area contributed by atoms with Gasteiger partial charge in [-0.3, -0.25) is 9.48 Å². The molecule has 0 aliphatic rings. The highest BCUT2D eigenvalue weighted by atomic mass is 16.4.